The largest absolute Gasteiger partial charge is 0.302 e. The minimum atomic E-state index is -3.95. The molecule has 0 aliphatic carbocycles. The minimum Gasteiger partial charge on any atom is -0.302 e. The Balaban J connectivity index is 1.42. The van der Waals surface area contributed by atoms with E-state index in [1.807, 2.05) is 19.9 Å². The van der Waals surface area contributed by atoms with Crippen LogP contribution in [0.25, 0.3) is 10.2 Å². The van der Waals surface area contributed by atoms with Gasteiger partial charge in [0.1, 0.15) is 0 Å². The van der Waals surface area contributed by atoms with Crippen LogP contribution in [0.1, 0.15) is 24.0 Å². The van der Waals surface area contributed by atoms with Gasteiger partial charge in [-0.25, -0.2) is 22.2 Å². The highest BCUT2D eigenvalue weighted by atomic mass is 32.2. The van der Waals surface area contributed by atoms with Crippen molar-refractivity contribution >= 4 is 42.6 Å². The average molecular weight is 466 g/mol. The van der Waals surface area contributed by atoms with Crippen LogP contribution in [0.4, 0.5) is 13.9 Å². The first-order valence-electron chi connectivity index (χ1n) is 9.79. The van der Waals surface area contributed by atoms with E-state index in [1.165, 1.54) is 15.6 Å². The number of piperidine rings is 1. The lowest BCUT2D eigenvalue weighted by molar-refractivity contribution is -0.120. The van der Waals surface area contributed by atoms with Gasteiger partial charge in [0.25, 0.3) is 0 Å². The van der Waals surface area contributed by atoms with Gasteiger partial charge < -0.3 is 5.32 Å². The van der Waals surface area contributed by atoms with Crippen molar-refractivity contribution in [3.05, 3.63) is 53.1 Å². The number of halogens is 2. The summed E-state index contributed by atoms with van der Waals surface area (Å²) in [7, 11) is -3.95. The van der Waals surface area contributed by atoms with Crippen LogP contribution in [0.2, 0.25) is 0 Å². The van der Waals surface area contributed by atoms with Crippen LogP contribution in [0.15, 0.2) is 35.2 Å². The molecule has 4 rings (SSSR count). The third-order valence-corrected chi connectivity index (χ3v) is 8.42. The van der Waals surface area contributed by atoms with E-state index in [9.17, 15) is 22.0 Å². The Morgan fingerprint density at radius 3 is 2.52 bits per heavy atom. The number of amides is 1. The van der Waals surface area contributed by atoms with Gasteiger partial charge in [-0.1, -0.05) is 17.4 Å². The second-order valence-electron chi connectivity index (χ2n) is 7.69. The predicted octanol–water partition coefficient (Wildman–Crippen LogP) is 4.23. The lowest BCUT2D eigenvalue weighted by Gasteiger charge is -2.30. The molecule has 1 saturated heterocycles. The number of carbonyl (C=O) groups is 1. The van der Waals surface area contributed by atoms with Crippen LogP contribution in [0, 0.1) is 31.4 Å². The second-order valence-corrected chi connectivity index (χ2v) is 10.6. The first-order valence-corrected chi connectivity index (χ1v) is 12.0. The highest BCUT2D eigenvalue weighted by Crippen LogP contribution is 2.31. The molecule has 1 fully saturated rings. The van der Waals surface area contributed by atoms with E-state index in [-0.39, 0.29) is 29.8 Å². The van der Waals surface area contributed by atoms with Crippen molar-refractivity contribution in [1.82, 2.24) is 9.29 Å². The number of aromatic nitrogens is 1. The number of sulfonamides is 1. The van der Waals surface area contributed by atoms with E-state index in [2.05, 4.69) is 16.4 Å². The van der Waals surface area contributed by atoms with E-state index < -0.39 is 21.7 Å². The highest BCUT2D eigenvalue weighted by Gasteiger charge is 2.32. The van der Waals surface area contributed by atoms with Crippen molar-refractivity contribution in [3.8, 4) is 0 Å². The SMILES string of the molecule is Cc1cc(C)c2sc(NC(=O)C3CCN(S(=O)(=O)c4ccc(F)c(F)c4)CC3)nc2c1. The smallest absolute Gasteiger partial charge is 0.243 e. The van der Waals surface area contributed by atoms with E-state index in [4.69, 9.17) is 0 Å². The van der Waals surface area contributed by atoms with Crippen LogP contribution in [0.5, 0.6) is 0 Å². The zero-order valence-electron chi connectivity index (χ0n) is 17.0. The Morgan fingerprint density at radius 1 is 1.13 bits per heavy atom. The molecule has 6 nitrogen and oxygen atoms in total. The lowest BCUT2D eigenvalue weighted by Crippen LogP contribution is -2.41. The Morgan fingerprint density at radius 2 is 1.84 bits per heavy atom. The van der Waals surface area contributed by atoms with Gasteiger partial charge in [-0.15, -0.1) is 0 Å². The summed E-state index contributed by atoms with van der Waals surface area (Å²) in [5.41, 5.74) is 3.04. The average Bonchev–Trinajstić information content (AvgIpc) is 3.12. The maximum atomic E-state index is 13.5. The Bertz CT molecular complexity index is 1270. The number of hydrogen-bond donors (Lipinski definition) is 1. The normalized spacial score (nSPS) is 16.0. The summed E-state index contributed by atoms with van der Waals surface area (Å²) in [6, 6.07) is 6.55. The summed E-state index contributed by atoms with van der Waals surface area (Å²) in [6.45, 7) is 4.24. The quantitative estimate of drug-likeness (QED) is 0.625. The molecule has 31 heavy (non-hydrogen) atoms. The molecule has 1 aliphatic rings. The minimum absolute atomic E-state index is 0.123. The number of benzene rings is 2. The van der Waals surface area contributed by atoms with Gasteiger partial charge in [0.05, 0.1) is 15.1 Å². The van der Waals surface area contributed by atoms with Crippen molar-refractivity contribution in [2.45, 2.75) is 31.6 Å². The van der Waals surface area contributed by atoms with Gasteiger partial charge in [-0.2, -0.15) is 4.31 Å². The molecule has 3 aromatic rings. The van der Waals surface area contributed by atoms with Crippen molar-refractivity contribution in [2.24, 2.45) is 5.92 Å². The first kappa shape index (κ1) is 21.8. The standard InChI is InChI=1S/C21H21F2N3O3S2/c1-12-9-13(2)19-18(10-12)24-21(30-19)25-20(27)14-5-7-26(8-6-14)31(28,29)15-3-4-16(22)17(23)11-15/h3-4,9-11,14H,5-8H2,1-2H3,(H,24,25,27). The number of fused-ring (bicyclic) bond motifs is 1. The van der Waals surface area contributed by atoms with Gasteiger partial charge in [-0.05, 0) is 62.1 Å². The first-order chi connectivity index (χ1) is 14.6. The van der Waals surface area contributed by atoms with Crippen LogP contribution in [-0.4, -0.2) is 36.7 Å². The number of nitrogens with one attached hydrogen (secondary N) is 1. The van der Waals surface area contributed by atoms with Crippen LogP contribution >= 0.6 is 11.3 Å². The van der Waals surface area contributed by atoms with Gasteiger partial charge >= 0.3 is 0 Å². The van der Waals surface area contributed by atoms with E-state index in [0.717, 1.165) is 33.5 Å². The molecule has 10 heteroatoms. The zero-order valence-corrected chi connectivity index (χ0v) is 18.6. The molecule has 0 unspecified atom stereocenters. The van der Waals surface area contributed by atoms with E-state index in [1.54, 1.807) is 0 Å². The zero-order chi connectivity index (χ0) is 22.3. The molecule has 1 aliphatic heterocycles. The molecule has 0 radical (unpaired) electrons. The molecule has 1 N–H and O–H groups in total. The monoisotopic (exact) mass is 465 g/mol. The van der Waals surface area contributed by atoms with Gasteiger partial charge in [-0.3, -0.25) is 4.79 Å². The van der Waals surface area contributed by atoms with E-state index >= 15 is 0 Å². The number of carbonyl (C=O) groups excluding carboxylic acids is 1. The van der Waals surface area contributed by atoms with Gasteiger partial charge in [0.15, 0.2) is 16.8 Å². The summed E-state index contributed by atoms with van der Waals surface area (Å²) in [4.78, 5) is 16.9. The third-order valence-electron chi connectivity index (χ3n) is 5.40. The molecular formula is C21H21F2N3O3S2. The Labute approximate surface area is 183 Å². The number of anilines is 1. The summed E-state index contributed by atoms with van der Waals surface area (Å²) in [6.07, 6.45) is 0.662. The van der Waals surface area contributed by atoms with Crippen molar-refractivity contribution in [3.63, 3.8) is 0 Å². The predicted molar refractivity (Wildman–Crippen MR) is 116 cm³/mol. The maximum absolute atomic E-state index is 13.5. The fourth-order valence-corrected chi connectivity index (χ4v) is 6.18. The summed E-state index contributed by atoms with van der Waals surface area (Å²) < 4.78 is 54.2. The molecule has 0 spiro atoms. The third kappa shape index (κ3) is 4.32. The van der Waals surface area contributed by atoms with Gasteiger partial charge in [0, 0.05) is 19.0 Å². The van der Waals surface area contributed by atoms with E-state index in [0.29, 0.717) is 24.0 Å². The fourth-order valence-electron chi connectivity index (χ4n) is 3.78. The Hall–Kier alpha value is -2.43. The molecule has 2 aromatic carbocycles. The van der Waals surface area contributed by atoms with Crippen molar-refractivity contribution in [2.75, 3.05) is 18.4 Å². The molecule has 0 bridgehead atoms. The topological polar surface area (TPSA) is 79.4 Å². The van der Waals surface area contributed by atoms with Crippen molar-refractivity contribution in [1.29, 1.82) is 0 Å². The van der Waals surface area contributed by atoms with Crippen LogP contribution in [0.3, 0.4) is 0 Å². The molecular weight excluding hydrogens is 444 g/mol. The highest BCUT2D eigenvalue weighted by molar-refractivity contribution is 7.89. The van der Waals surface area contributed by atoms with Crippen LogP contribution in [-0.2, 0) is 14.8 Å². The molecule has 1 aromatic heterocycles. The number of rotatable bonds is 4. The van der Waals surface area contributed by atoms with Crippen molar-refractivity contribution < 1.29 is 22.0 Å². The number of aryl methyl sites for hydroxylation is 2. The maximum Gasteiger partial charge on any atom is 0.243 e. The van der Waals surface area contributed by atoms with Crippen LogP contribution < -0.4 is 5.32 Å². The summed E-state index contributed by atoms with van der Waals surface area (Å²) in [5.74, 6) is -2.87. The summed E-state index contributed by atoms with van der Waals surface area (Å²) >= 11 is 1.41. The molecule has 1 amide bonds. The second kappa shape index (κ2) is 8.25. The summed E-state index contributed by atoms with van der Waals surface area (Å²) in [5, 5.41) is 3.37. The van der Waals surface area contributed by atoms with Gasteiger partial charge in [0.2, 0.25) is 15.9 Å². The number of nitrogens with zero attached hydrogens (tertiary/aromatic N) is 2. The Kier molecular flexibility index (Phi) is 5.80. The molecule has 2 heterocycles. The molecule has 164 valence electrons. The number of thiazole rings is 1. The fraction of sp³-hybridized carbons (Fsp3) is 0.333. The molecule has 0 saturated carbocycles. The number of hydrogen-bond acceptors (Lipinski definition) is 5. The molecule has 0 atom stereocenters. The lowest BCUT2D eigenvalue weighted by atomic mass is 9.97.